The van der Waals surface area contributed by atoms with Crippen LogP contribution in [0.5, 0.6) is 0 Å². The fourth-order valence-corrected chi connectivity index (χ4v) is 7.72. The summed E-state index contributed by atoms with van der Waals surface area (Å²) in [6.45, 7) is 12.8. The standard InChI is InChI=1S/C48H44N2/c1-5-9-11-34-13-19-36(20-14-34)38-24-29-44-43(31-38)41-28-30-45-47(48(41)49(44)8-4)42-27-23-39(37-21-15-35(16-22-37)12-10-6-2)32-46(42)50(45)40-25-17-33(7-3)18-26-40/h7-8,13-32H,3-6,9-12H2,1-2H3. The molecule has 8 rings (SSSR count). The number of benzene rings is 6. The zero-order valence-electron chi connectivity index (χ0n) is 29.3. The van der Waals surface area contributed by atoms with E-state index in [1.165, 1.54) is 103 Å². The molecule has 246 valence electrons. The van der Waals surface area contributed by atoms with Crippen molar-refractivity contribution in [3.05, 3.63) is 151 Å². The second-order valence-corrected chi connectivity index (χ2v) is 13.6. The van der Waals surface area contributed by atoms with Gasteiger partial charge >= 0.3 is 0 Å². The highest BCUT2D eigenvalue weighted by Gasteiger charge is 2.20. The van der Waals surface area contributed by atoms with Crippen LogP contribution in [0.2, 0.25) is 0 Å². The molecule has 0 saturated heterocycles. The first-order valence-electron chi connectivity index (χ1n) is 18.2. The Labute approximate surface area is 295 Å². The third kappa shape index (κ3) is 5.46. The van der Waals surface area contributed by atoms with Gasteiger partial charge in [0, 0.05) is 33.4 Å². The van der Waals surface area contributed by atoms with E-state index in [1.54, 1.807) is 0 Å². The summed E-state index contributed by atoms with van der Waals surface area (Å²) >= 11 is 0. The van der Waals surface area contributed by atoms with Crippen LogP contribution in [0.15, 0.2) is 134 Å². The summed E-state index contributed by atoms with van der Waals surface area (Å²) in [7, 11) is 0. The Balaban J connectivity index is 1.35. The lowest BCUT2D eigenvalue weighted by atomic mass is 9.99. The Kier molecular flexibility index (Phi) is 8.46. The largest absolute Gasteiger partial charge is 0.316 e. The topological polar surface area (TPSA) is 9.86 Å². The summed E-state index contributed by atoms with van der Waals surface area (Å²) in [5.41, 5.74) is 14.7. The number of hydrogen-bond donors (Lipinski definition) is 0. The van der Waals surface area contributed by atoms with Crippen LogP contribution in [0.25, 0.3) is 83.8 Å². The van der Waals surface area contributed by atoms with Gasteiger partial charge in [0.15, 0.2) is 0 Å². The van der Waals surface area contributed by atoms with Crippen LogP contribution in [-0.4, -0.2) is 9.13 Å². The average Bonchev–Trinajstić information content (AvgIpc) is 3.68. The SMILES string of the molecule is C=Cc1ccc(-n2c3cc(-c4ccc(CCCC)cc4)ccc3c3c4c(ccc32)c2cc(-c3ccc(CCCC)cc3)ccc2n4C=C)cc1. The summed E-state index contributed by atoms with van der Waals surface area (Å²) in [6.07, 6.45) is 11.0. The van der Waals surface area contributed by atoms with Gasteiger partial charge in [0.05, 0.1) is 22.1 Å². The van der Waals surface area contributed by atoms with Crippen molar-refractivity contribution in [1.82, 2.24) is 9.13 Å². The zero-order valence-corrected chi connectivity index (χ0v) is 29.3. The Morgan fingerprint density at radius 3 is 1.68 bits per heavy atom. The van der Waals surface area contributed by atoms with Crippen molar-refractivity contribution in [1.29, 1.82) is 0 Å². The predicted octanol–water partition coefficient (Wildman–Crippen LogP) is 13.7. The maximum absolute atomic E-state index is 4.32. The van der Waals surface area contributed by atoms with Gasteiger partial charge in [0.25, 0.3) is 0 Å². The van der Waals surface area contributed by atoms with Crippen LogP contribution in [0, 0.1) is 0 Å². The molecule has 0 aliphatic heterocycles. The van der Waals surface area contributed by atoms with Crippen molar-refractivity contribution in [2.75, 3.05) is 0 Å². The Bertz CT molecular complexity index is 2500. The van der Waals surface area contributed by atoms with Gasteiger partial charge in [-0.15, -0.1) is 0 Å². The molecule has 0 aliphatic carbocycles. The van der Waals surface area contributed by atoms with E-state index in [1.807, 2.05) is 12.3 Å². The van der Waals surface area contributed by atoms with Crippen molar-refractivity contribution in [2.24, 2.45) is 0 Å². The zero-order chi connectivity index (χ0) is 34.2. The molecule has 0 unspecified atom stereocenters. The molecule has 50 heavy (non-hydrogen) atoms. The molecule has 0 saturated carbocycles. The molecule has 2 heteroatoms. The molecule has 0 N–H and O–H groups in total. The average molecular weight is 649 g/mol. The van der Waals surface area contributed by atoms with Crippen LogP contribution in [0.1, 0.15) is 56.2 Å². The van der Waals surface area contributed by atoms with Crippen LogP contribution in [-0.2, 0) is 12.8 Å². The van der Waals surface area contributed by atoms with Crippen LogP contribution < -0.4 is 0 Å². The van der Waals surface area contributed by atoms with Gasteiger partial charge in [-0.25, -0.2) is 0 Å². The van der Waals surface area contributed by atoms with Gasteiger partial charge in [-0.1, -0.05) is 131 Å². The molecule has 0 amide bonds. The maximum Gasteiger partial charge on any atom is 0.0635 e. The molecule has 8 aromatic rings. The molecule has 0 bridgehead atoms. The van der Waals surface area contributed by atoms with E-state index in [0.717, 1.165) is 24.1 Å². The first-order chi connectivity index (χ1) is 24.6. The lowest BCUT2D eigenvalue weighted by molar-refractivity contribution is 0.795. The molecule has 2 heterocycles. The molecule has 0 aliphatic rings. The molecule has 0 atom stereocenters. The van der Waals surface area contributed by atoms with Crippen LogP contribution in [0.4, 0.5) is 0 Å². The van der Waals surface area contributed by atoms with Crippen molar-refractivity contribution < 1.29 is 0 Å². The number of nitrogens with zero attached hydrogens (tertiary/aromatic N) is 2. The molecular weight excluding hydrogens is 605 g/mol. The van der Waals surface area contributed by atoms with Crippen LogP contribution in [0.3, 0.4) is 0 Å². The van der Waals surface area contributed by atoms with Gasteiger partial charge in [-0.05, 0) is 101 Å². The predicted molar refractivity (Wildman–Crippen MR) is 218 cm³/mol. The second kappa shape index (κ2) is 13.4. The van der Waals surface area contributed by atoms with E-state index in [-0.39, 0.29) is 0 Å². The van der Waals surface area contributed by atoms with E-state index < -0.39 is 0 Å². The fraction of sp³-hybridized carbons (Fsp3) is 0.167. The van der Waals surface area contributed by atoms with E-state index in [4.69, 9.17) is 0 Å². The van der Waals surface area contributed by atoms with E-state index in [9.17, 15) is 0 Å². The summed E-state index contributed by atoms with van der Waals surface area (Å²) in [5, 5.41) is 4.95. The molecule has 0 spiro atoms. The molecule has 6 aromatic carbocycles. The van der Waals surface area contributed by atoms with Crippen molar-refractivity contribution in [3.63, 3.8) is 0 Å². The lowest BCUT2D eigenvalue weighted by Crippen LogP contribution is -1.94. The quantitative estimate of drug-likeness (QED) is 0.132. The van der Waals surface area contributed by atoms with Gasteiger partial charge in [0.1, 0.15) is 0 Å². The fourth-order valence-electron chi connectivity index (χ4n) is 7.72. The number of aryl methyl sites for hydroxylation is 2. The highest BCUT2D eigenvalue weighted by molar-refractivity contribution is 6.26. The number of rotatable bonds is 11. The summed E-state index contributed by atoms with van der Waals surface area (Å²) in [4.78, 5) is 0. The minimum absolute atomic E-state index is 1.11. The van der Waals surface area contributed by atoms with Gasteiger partial charge in [0.2, 0.25) is 0 Å². The highest BCUT2D eigenvalue weighted by Crippen LogP contribution is 2.42. The van der Waals surface area contributed by atoms with Crippen molar-refractivity contribution in [2.45, 2.75) is 52.4 Å². The van der Waals surface area contributed by atoms with Crippen LogP contribution >= 0.6 is 0 Å². The third-order valence-electron chi connectivity index (χ3n) is 10.5. The number of hydrogen-bond acceptors (Lipinski definition) is 0. The van der Waals surface area contributed by atoms with E-state index in [0.29, 0.717) is 0 Å². The summed E-state index contributed by atoms with van der Waals surface area (Å²) in [5.74, 6) is 0. The number of unbranched alkanes of at least 4 members (excludes halogenated alkanes) is 2. The van der Waals surface area contributed by atoms with Crippen molar-refractivity contribution in [3.8, 4) is 27.9 Å². The van der Waals surface area contributed by atoms with Gasteiger partial charge in [-0.2, -0.15) is 0 Å². The first-order valence-corrected chi connectivity index (χ1v) is 18.2. The van der Waals surface area contributed by atoms with E-state index in [2.05, 4.69) is 157 Å². The minimum Gasteiger partial charge on any atom is -0.316 e. The maximum atomic E-state index is 4.32. The Morgan fingerprint density at radius 2 is 1.08 bits per heavy atom. The van der Waals surface area contributed by atoms with Gasteiger partial charge in [-0.3, -0.25) is 0 Å². The van der Waals surface area contributed by atoms with Crippen molar-refractivity contribution >= 4 is 55.9 Å². The molecule has 0 fully saturated rings. The number of aromatic nitrogens is 2. The Morgan fingerprint density at radius 1 is 0.520 bits per heavy atom. The first kappa shape index (κ1) is 31.7. The second-order valence-electron chi connectivity index (χ2n) is 13.6. The molecule has 2 nitrogen and oxygen atoms in total. The smallest absolute Gasteiger partial charge is 0.0635 e. The third-order valence-corrected chi connectivity index (χ3v) is 10.5. The Hall–Kier alpha value is -5.60. The minimum atomic E-state index is 1.11. The molecular formula is C48H44N2. The van der Waals surface area contributed by atoms with Gasteiger partial charge < -0.3 is 9.13 Å². The normalized spacial score (nSPS) is 11.6. The summed E-state index contributed by atoms with van der Waals surface area (Å²) < 4.78 is 4.71. The molecule has 2 aromatic heterocycles. The molecule has 0 radical (unpaired) electrons. The monoisotopic (exact) mass is 648 g/mol. The summed E-state index contributed by atoms with van der Waals surface area (Å²) in [6, 6.07) is 45.5. The highest BCUT2D eigenvalue weighted by atomic mass is 15.0. The number of fused-ring (bicyclic) bond motifs is 7. The lowest BCUT2D eigenvalue weighted by Gasteiger charge is -2.10. The van der Waals surface area contributed by atoms with E-state index >= 15 is 0 Å².